The second kappa shape index (κ2) is 26.3. The van der Waals surface area contributed by atoms with Gasteiger partial charge in [0.15, 0.2) is 0 Å². The van der Waals surface area contributed by atoms with Crippen LogP contribution in [-0.4, -0.2) is 50.7 Å². The summed E-state index contributed by atoms with van der Waals surface area (Å²) in [6.07, 6.45) is 7.71. The van der Waals surface area contributed by atoms with Gasteiger partial charge < -0.3 is 23.9 Å². The summed E-state index contributed by atoms with van der Waals surface area (Å²) < 4.78 is 9.20. The number of rotatable bonds is 12. The molecule has 0 aliphatic rings. The van der Waals surface area contributed by atoms with Crippen molar-refractivity contribution in [2.45, 2.75) is 112 Å². The van der Waals surface area contributed by atoms with Gasteiger partial charge in [-0.25, -0.2) is 4.98 Å². The van der Waals surface area contributed by atoms with Crippen LogP contribution in [0.2, 0.25) is 0 Å². The van der Waals surface area contributed by atoms with Gasteiger partial charge in [-0.1, -0.05) is 165 Å². The Morgan fingerprint density at radius 3 is 1.09 bits per heavy atom. The zero-order chi connectivity index (χ0) is 55.5. The minimum Gasteiger partial charge on any atom is -0.393 e. The van der Waals surface area contributed by atoms with Crippen LogP contribution in [0.4, 0.5) is 0 Å². The van der Waals surface area contributed by atoms with E-state index in [2.05, 4.69) is 268 Å². The van der Waals surface area contributed by atoms with Crippen LogP contribution < -0.4 is 0 Å². The fourth-order valence-electron chi connectivity index (χ4n) is 11.3. The molecule has 12 aromatic rings. The molecule has 8 nitrogen and oxygen atoms in total. The third-order valence-electron chi connectivity index (χ3n) is 15.0. The van der Waals surface area contributed by atoms with Crippen LogP contribution in [0.5, 0.6) is 0 Å². The van der Waals surface area contributed by atoms with Crippen LogP contribution >= 0.6 is 0 Å². The second-order valence-electron chi connectivity index (χ2n) is 22.1. The molecule has 4 heterocycles. The summed E-state index contributed by atoms with van der Waals surface area (Å²) in [6.45, 7) is 21.4. The van der Waals surface area contributed by atoms with Gasteiger partial charge in [0.1, 0.15) is 5.82 Å². The predicted octanol–water partition coefficient (Wildman–Crippen LogP) is 17.7. The van der Waals surface area contributed by atoms with Crippen LogP contribution in [0.15, 0.2) is 201 Å². The molecule has 0 amide bonds. The van der Waals surface area contributed by atoms with Gasteiger partial charge in [0.2, 0.25) is 0 Å². The second-order valence-corrected chi connectivity index (χ2v) is 22.1. The number of para-hydroxylation sites is 6. The summed E-state index contributed by atoms with van der Waals surface area (Å²) in [7, 11) is 0. The summed E-state index contributed by atoms with van der Waals surface area (Å²) in [5.41, 5.74) is 17.1. The minimum absolute atomic E-state index is 0. The van der Waals surface area contributed by atoms with E-state index in [1.54, 1.807) is 13.8 Å². The molecule has 0 aliphatic carbocycles. The normalized spacial score (nSPS) is 12.1. The molecule has 4 aromatic heterocycles. The minimum atomic E-state index is -0.375. The standard InChI is InChI=1S/C33H31N3.C33H30N3.C5H12O2.2Ir/c2*1-22(2)26-12-9-13-27(23(3)4)32(26)35-21-20-34-33(35)24-16-18-25(19-17-24)36-30-14-7-5-10-28(30)29-11-6-8-15-31(29)36;1-4(6)3-5(2)7;;/h5-23H,1-4H3;5-16,18-23H,1-4H3;4-7H,3H2,1-2H3;;/q;-1;;;. The van der Waals surface area contributed by atoms with E-state index in [1.165, 1.54) is 77.2 Å². The average molecular weight is 1430 g/mol. The Hall–Kier alpha value is -7.00. The van der Waals surface area contributed by atoms with Crippen LogP contribution in [0.1, 0.15) is 122 Å². The third kappa shape index (κ3) is 12.3. The maximum absolute atomic E-state index is 8.56. The van der Waals surface area contributed by atoms with E-state index >= 15 is 0 Å². The largest absolute Gasteiger partial charge is 0.393 e. The van der Waals surface area contributed by atoms with Gasteiger partial charge in [-0.05, 0) is 120 Å². The van der Waals surface area contributed by atoms with E-state index in [0.29, 0.717) is 30.1 Å². The molecule has 0 bridgehead atoms. The maximum Gasteiger partial charge on any atom is 0.144 e. The summed E-state index contributed by atoms with van der Waals surface area (Å²) >= 11 is 0. The number of aliphatic hydroxyl groups excluding tert-OH is 2. The molecular weight excluding hydrogens is 1350 g/mol. The van der Waals surface area contributed by atoms with Crippen molar-refractivity contribution >= 4 is 43.6 Å². The molecule has 0 aliphatic heterocycles. The SMILES string of the molecule is CC(C)c1cccc(C(C)C)c1-n1ccnc1-c1[c-]cc(-n2c3ccccc3c3ccccc32)cc1.CC(C)c1cccc(C(C)C)c1-n1ccnc1-c1ccc(-n2c3ccccc3c3ccccc32)cc1.CC(O)CC(C)O.[Ir].[Ir]. The predicted molar refractivity (Wildman–Crippen MR) is 330 cm³/mol. The van der Waals surface area contributed by atoms with Gasteiger partial charge in [-0.3, -0.25) is 9.55 Å². The first-order valence-corrected chi connectivity index (χ1v) is 28.0. The van der Waals surface area contributed by atoms with E-state index in [-0.39, 0.29) is 52.4 Å². The summed E-state index contributed by atoms with van der Waals surface area (Å²) in [4.78, 5) is 9.59. The third-order valence-corrected chi connectivity index (χ3v) is 15.0. The van der Waals surface area contributed by atoms with Crippen molar-refractivity contribution in [1.82, 2.24) is 28.2 Å². The number of imidazole rings is 2. The molecule has 2 radical (unpaired) electrons. The molecule has 81 heavy (non-hydrogen) atoms. The zero-order valence-corrected chi connectivity index (χ0v) is 52.8. The molecule has 0 spiro atoms. The molecule has 2 atom stereocenters. The number of aliphatic hydroxyl groups is 2. The van der Waals surface area contributed by atoms with Crippen LogP contribution in [0.3, 0.4) is 0 Å². The smallest absolute Gasteiger partial charge is 0.144 e. The first kappa shape index (κ1) is 60.1. The Kier molecular flexibility index (Phi) is 19.5. The number of benzene rings is 8. The monoisotopic (exact) mass is 1430 g/mol. The van der Waals surface area contributed by atoms with Crippen LogP contribution in [0.25, 0.3) is 89.1 Å². The number of nitrogens with zero attached hydrogens (tertiary/aromatic N) is 6. The molecule has 0 saturated heterocycles. The van der Waals surface area contributed by atoms with Crippen molar-refractivity contribution in [2.75, 3.05) is 0 Å². The molecule has 2 unspecified atom stereocenters. The Balaban J connectivity index is 0.000000186. The fourth-order valence-corrected chi connectivity index (χ4v) is 11.3. The van der Waals surface area contributed by atoms with E-state index in [0.717, 1.165) is 34.2 Å². The summed E-state index contributed by atoms with van der Waals surface area (Å²) in [6, 6.07) is 66.6. The van der Waals surface area contributed by atoms with Crippen molar-refractivity contribution in [1.29, 1.82) is 0 Å². The molecule has 8 aromatic carbocycles. The van der Waals surface area contributed by atoms with Gasteiger partial charge in [0.25, 0.3) is 0 Å². The first-order valence-electron chi connectivity index (χ1n) is 28.0. The molecule has 418 valence electrons. The number of fused-ring (bicyclic) bond motifs is 6. The van der Waals surface area contributed by atoms with Gasteiger partial charge in [0.05, 0.1) is 34.8 Å². The Morgan fingerprint density at radius 1 is 0.395 bits per heavy atom. The van der Waals surface area contributed by atoms with Crippen molar-refractivity contribution in [3.63, 3.8) is 0 Å². The van der Waals surface area contributed by atoms with Gasteiger partial charge in [-0.2, -0.15) is 0 Å². The van der Waals surface area contributed by atoms with Crippen molar-refractivity contribution in [2.24, 2.45) is 0 Å². The number of aromatic nitrogens is 6. The van der Waals surface area contributed by atoms with Gasteiger partial charge >= 0.3 is 0 Å². The van der Waals surface area contributed by atoms with Crippen molar-refractivity contribution < 1.29 is 50.4 Å². The van der Waals surface area contributed by atoms with Crippen LogP contribution in [0, 0.1) is 6.07 Å². The van der Waals surface area contributed by atoms with E-state index in [4.69, 9.17) is 20.2 Å². The van der Waals surface area contributed by atoms with E-state index in [9.17, 15) is 0 Å². The fraction of sp³-hybridized carbons (Fsp3) is 0.239. The molecule has 10 heteroatoms. The molecular formula is C71H73Ir2N6O2-. The molecule has 0 fully saturated rings. The van der Waals surface area contributed by atoms with Crippen LogP contribution in [-0.2, 0) is 40.2 Å². The maximum atomic E-state index is 8.56. The Bertz CT molecular complexity index is 3610. The van der Waals surface area contributed by atoms with Crippen molar-refractivity contribution in [3.05, 3.63) is 229 Å². The Morgan fingerprint density at radius 2 is 0.741 bits per heavy atom. The summed E-state index contributed by atoms with van der Waals surface area (Å²) in [5.74, 6) is 3.56. The summed E-state index contributed by atoms with van der Waals surface area (Å²) in [5, 5.41) is 22.2. The number of hydrogen-bond acceptors (Lipinski definition) is 4. The van der Waals surface area contributed by atoms with Gasteiger partial charge in [0, 0.05) is 115 Å². The Labute approximate surface area is 504 Å². The average Bonchev–Trinajstić information content (AvgIpc) is 4.49. The topological polar surface area (TPSA) is 86.0 Å². The zero-order valence-electron chi connectivity index (χ0n) is 48.0. The van der Waals surface area contributed by atoms with E-state index in [1.807, 2.05) is 12.4 Å². The molecule has 0 saturated carbocycles. The molecule has 2 N–H and O–H groups in total. The van der Waals surface area contributed by atoms with Crippen molar-refractivity contribution in [3.8, 4) is 45.5 Å². The molecule has 12 rings (SSSR count). The van der Waals surface area contributed by atoms with Gasteiger partial charge in [-0.15, -0.1) is 29.8 Å². The quantitative estimate of drug-likeness (QED) is 0.119. The number of hydrogen-bond donors (Lipinski definition) is 2. The van der Waals surface area contributed by atoms with E-state index < -0.39 is 0 Å². The first-order chi connectivity index (χ1) is 38.2.